The minimum atomic E-state index is -0.877. The molecule has 0 saturated carbocycles. The fourth-order valence-electron chi connectivity index (χ4n) is 3.12. The molecular weight excluding hydrogens is 546 g/mol. The van der Waals surface area contributed by atoms with Gasteiger partial charge in [-0.1, -0.05) is 39.0 Å². The standard InChI is InChI=1S/C25H36BrN5O6/c1-15(2)21(31-20(32)8-6-5-7-13-28-22(33)16(3)26)24(35)29-17(4)23(34)30-19-11-9-18(10-12-19)14-37-25(27)36/h9-12,15,17,21H,3,5-8,13-14H2,1-2,4H3,(H2,27,36)(H,28,33)(H,29,35)(H,30,34)(H,31,32). The quantitative estimate of drug-likeness (QED) is 0.157. The second-order valence-corrected chi connectivity index (χ2v) is 9.74. The molecule has 204 valence electrons. The third kappa shape index (κ3) is 12.9. The normalized spacial score (nSPS) is 12.1. The van der Waals surface area contributed by atoms with E-state index >= 15 is 0 Å². The highest BCUT2D eigenvalue weighted by Crippen LogP contribution is 2.11. The van der Waals surface area contributed by atoms with Crippen LogP contribution in [-0.2, 0) is 30.5 Å². The molecule has 0 aromatic heterocycles. The lowest BCUT2D eigenvalue weighted by atomic mass is 10.0. The zero-order valence-electron chi connectivity index (χ0n) is 21.4. The van der Waals surface area contributed by atoms with Gasteiger partial charge in [0.2, 0.25) is 17.7 Å². The molecule has 0 aliphatic heterocycles. The zero-order valence-corrected chi connectivity index (χ0v) is 23.0. The maximum atomic E-state index is 12.8. The summed E-state index contributed by atoms with van der Waals surface area (Å²) in [4.78, 5) is 59.8. The van der Waals surface area contributed by atoms with Crippen molar-refractivity contribution in [1.82, 2.24) is 16.0 Å². The van der Waals surface area contributed by atoms with Crippen LogP contribution in [-0.4, -0.2) is 48.4 Å². The minimum Gasteiger partial charge on any atom is -0.445 e. The lowest BCUT2D eigenvalue weighted by molar-refractivity contribution is -0.131. The number of hydrogen-bond donors (Lipinski definition) is 5. The van der Waals surface area contributed by atoms with E-state index in [9.17, 15) is 24.0 Å². The first-order valence-corrected chi connectivity index (χ1v) is 12.7. The number of nitrogens with one attached hydrogen (secondary N) is 4. The number of carbonyl (C=O) groups is 5. The average Bonchev–Trinajstić information content (AvgIpc) is 2.83. The number of anilines is 1. The topological polar surface area (TPSA) is 169 Å². The van der Waals surface area contributed by atoms with E-state index < -0.39 is 30.0 Å². The molecule has 0 aliphatic carbocycles. The van der Waals surface area contributed by atoms with E-state index in [1.165, 1.54) is 0 Å². The van der Waals surface area contributed by atoms with Crippen LogP contribution in [0, 0.1) is 5.92 Å². The van der Waals surface area contributed by atoms with Crippen LogP contribution in [0.15, 0.2) is 35.3 Å². The first-order valence-electron chi connectivity index (χ1n) is 11.9. The van der Waals surface area contributed by atoms with Crippen molar-refractivity contribution in [2.75, 3.05) is 11.9 Å². The highest BCUT2D eigenvalue weighted by Gasteiger charge is 2.26. The smallest absolute Gasteiger partial charge is 0.404 e. The first kappa shape index (κ1) is 31.6. The molecule has 12 heteroatoms. The lowest BCUT2D eigenvalue weighted by Gasteiger charge is -2.24. The third-order valence-corrected chi connectivity index (χ3v) is 5.59. The molecule has 2 atom stereocenters. The summed E-state index contributed by atoms with van der Waals surface area (Å²) in [6, 6.07) is 4.96. The van der Waals surface area contributed by atoms with Gasteiger partial charge in [0.25, 0.3) is 5.91 Å². The summed E-state index contributed by atoms with van der Waals surface area (Å²) in [5, 5.41) is 10.8. The van der Waals surface area contributed by atoms with Gasteiger partial charge in [0.05, 0.1) is 4.48 Å². The Morgan fingerprint density at radius 2 is 1.62 bits per heavy atom. The van der Waals surface area contributed by atoms with E-state index in [4.69, 9.17) is 10.5 Å². The molecule has 0 radical (unpaired) electrons. The molecule has 2 unspecified atom stereocenters. The Labute approximate surface area is 225 Å². The molecule has 6 N–H and O–H groups in total. The molecule has 11 nitrogen and oxygen atoms in total. The summed E-state index contributed by atoms with van der Waals surface area (Å²) in [6.45, 7) is 9.15. The third-order valence-electron chi connectivity index (χ3n) is 5.23. The molecule has 1 rings (SSSR count). The summed E-state index contributed by atoms with van der Waals surface area (Å²) < 4.78 is 4.97. The number of benzene rings is 1. The Balaban J connectivity index is 2.47. The van der Waals surface area contributed by atoms with Crippen LogP contribution in [0.5, 0.6) is 0 Å². The molecule has 0 saturated heterocycles. The fourth-order valence-corrected chi connectivity index (χ4v) is 3.26. The number of ether oxygens (including phenoxy) is 1. The molecule has 0 spiro atoms. The van der Waals surface area contributed by atoms with Gasteiger partial charge >= 0.3 is 6.09 Å². The Hall–Kier alpha value is -3.41. The van der Waals surface area contributed by atoms with Crippen LogP contribution < -0.4 is 27.0 Å². The van der Waals surface area contributed by atoms with Crippen molar-refractivity contribution >= 4 is 51.3 Å². The zero-order chi connectivity index (χ0) is 28.0. The number of halogens is 1. The summed E-state index contributed by atoms with van der Waals surface area (Å²) in [6.07, 6.45) is 1.42. The van der Waals surface area contributed by atoms with Gasteiger partial charge in [-0.15, -0.1) is 0 Å². The van der Waals surface area contributed by atoms with Crippen molar-refractivity contribution in [2.24, 2.45) is 11.7 Å². The minimum absolute atomic E-state index is 0.0183. The maximum absolute atomic E-state index is 12.8. The van der Waals surface area contributed by atoms with E-state index in [-0.39, 0.29) is 35.2 Å². The number of unbranched alkanes of at least 4 members (excludes halogenated alkanes) is 2. The Morgan fingerprint density at radius 1 is 0.973 bits per heavy atom. The molecule has 37 heavy (non-hydrogen) atoms. The van der Waals surface area contributed by atoms with Crippen molar-refractivity contribution in [1.29, 1.82) is 0 Å². The number of carbonyl (C=O) groups excluding carboxylic acids is 5. The number of primary amides is 1. The number of nitrogens with two attached hydrogens (primary N) is 1. The monoisotopic (exact) mass is 581 g/mol. The molecular formula is C25H36BrN5O6. The number of rotatable bonds is 15. The van der Waals surface area contributed by atoms with Crippen molar-refractivity contribution in [3.63, 3.8) is 0 Å². The van der Waals surface area contributed by atoms with Gasteiger partial charge in [-0.05, 0) is 59.3 Å². The molecule has 0 bridgehead atoms. The molecule has 1 aromatic carbocycles. The van der Waals surface area contributed by atoms with Gasteiger partial charge in [0, 0.05) is 18.7 Å². The predicted molar refractivity (Wildman–Crippen MR) is 143 cm³/mol. The van der Waals surface area contributed by atoms with E-state index in [0.717, 1.165) is 6.42 Å². The molecule has 0 fully saturated rings. The van der Waals surface area contributed by atoms with Gasteiger partial charge < -0.3 is 31.7 Å². The van der Waals surface area contributed by atoms with Gasteiger partial charge in [-0.2, -0.15) is 0 Å². The van der Waals surface area contributed by atoms with Crippen molar-refractivity contribution in [2.45, 2.75) is 65.1 Å². The Bertz CT molecular complexity index is 967. The van der Waals surface area contributed by atoms with Gasteiger partial charge in [0.15, 0.2) is 0 Å². The SMILES string of the molecule is C=C(Br)C(=O)NCCCCCC(=O)NC(C(=O)NC(C)C(=O)Nc1ccc(COC(N)=O)cc1)C(C)C. The van der Waals surface area contributed by atoms with Crippen LogP contribution in [0.4, 0.5) is 10.5 Å². The van der Waals surface area contributed by atoms with E-state index in [1.807, 2.05) is 0 Å². The Kier molecular flexibility index (Phi) is 14.0. The van der Waals surface area contributed by atoms with Gasteiger partial charge in [-0.3, -0.25) is 19.2 Å². The Morgan fingerprint density at radius 3 is 2.19 bits per heavy atom. The summed E-state index contributed by atoms with van der Waals surface area (Å²) in [5.74, 6) is -1.61. The van der Waals surface area contributed by atoms with Gasteiger partial charge in [0.1, 0.15) is 18.7 Å². The predicted octanol–water partition coefficient (Wildman–Crippen LogP) is 2.45. The second-order valence-electron chi connectivity index (χ2n) is 8.78. The highest BCUT2D eigenvalue weighted by molar-refractivity contribution is 9.12. The van der Waals surface area contributed by atoms with Crippen LogP contribution in [0.25, 0.3) is 0 Å². The van der Waals surface area contributed by atoms with Crippen molar-refractivity contribution in [3.05, 3.63) is 40.9 Å². The van der Waals surface area contributed by atoms with Crippen LogP contribution >= 0.6 is 15.9 Å². The van der Waals surface area contributed by atoms with E-state index in [2.05, 4.69) is 43.8 Å². The van der Waals surface area contributed by atoms with E-state index in [1.54, 1.807) is 45.0 Å². The van der Waals surface area contributed by atoms with Crippen molar-refractivity contribution < 1.29 is 28.7 Å². The largest absolute Gasteiger partial charge is 0.445 e. The fraction of sp³-hybridized carbons (Fsp3) is 0.480. The number of hydrogen-bond acceptors (Lipinski definition) is 6. The first-order chi connectivity index (χ1) is 17.4. The molecule has 0 heterocycles. The lowest BCUT2D eigenvalue weighted by Crippen LogP contribution is -2.53. The second kappa shape index (κ2) is 16.4. The highest BCUT2D eigenvalue weighted by atomic mass is 79.9. The van der Waals surface area contributed by atoms with Crippen LogP contribution in [0.2, 0.25) is 0 Å². The summed E-state index contributed by atoms with van der Waals surface area (Å²) in [7, 11) is 0. The summed E-state index contributed by atoms with van der Waals surface area (Å²) in [5.41, 5.74) is 6.13. The van der Waals surface area contributed by atoms with Crippen LogP contribution in [0.3, 0.4) is 0 Å². The number of amides is 5. The van der Waals surface area contributed by atoms with Crippen molar-refractivity contribution in [3.8, 4) is 0 Å². The molecule has 5 amide bonds. The maximum Gasteiger partial charge on any atom is 0.404 e. The average molecular weight is 582 g/mol. The van der Waals surface area contributed by atoms with E-state index in [0.29, 0.717) is 30.6 Å². The summed E-state index contributed by atoms with van der Waals surface area (Å²) >= 11 is 3.01. The molecule has 0 aliphatic rings. The van der Waals surface area contributed by atoms with Crippen LogP contribution in [0.1, 0.15) is 52.0 Å². The molecule has 1 aromatic rings. The van der Waals surface area contributed by atoms with Gasteiger partial charge in [-0.25, -0.2) is 4.79 Å².